The summed E-state index contributed by atoms with van der Waals surface area (Å²) in [6.45, 7) is 8.11. The highest BCUT2D eigenvalue weighted by molar-refractivity contribution is 4.89. The Morgan fingerprint density at radius 2 is 2.20 bits per heavy atom. The summed E-state index contributed by atoms with van der Waals surface area (Å²) >= 11 is 0. The molecule has 0 nitrogen and oxygen atoms in total. The van der Waals surface area contributed by atoms with Gasteiger partial charge in [-0.15, -0.1) is 6.58 Å². The topological polar surface area (TPSA) is 0 Å². The van der Waals surface area contributed by atoms with Crippen molar-refractivity contribution >= 4 is 0 Å². The van der Waals surface area contributed by atoms with Crippen LogP contribution in [0.3, 0.4) is 0 Å². The zero-order chi connectivity index (χ0) is 7.82. The quantitative estimate of drug-likeness (QED) is 0.510. The normalized spacial score (nSPS) is 13.8. The van der Waals surface area contributed by atoms with Gasteiger partial charge in [0.05, 0.1) is 0 Å². The van der Waals surface area contributed by atoms with E-state index in [9.17, 15) is 0 Å². The van der Waals surface area contributed by atoms with Gasteiger partial charge in [0.2, 0.25) is 0 Å². The van der Waals surface area contributed by atoms with Crippen LogP contribution in [0.2, 0.25) is 0 Å². The van der Waals surface area contributed by atoms with E-state index >= 15 is 0 Å². The van der Waals surface area contributed by atoms with E-state index in [0.717, 1.165) is 6.42 Å². The molecule has 0 amide bonds. The molecular weight excluding hydrogens is 120 g/mol. The van der Waals surface area contributed by atoms with E-state index in [1.807, 2.05) is 6.08 Å². The van der Waals surface area contributed by atoms with Crippen molar-refractivity contribution in [3.63, 3.8) is 0 Å². The third-order valence-electron chi connectivity index (χ3n) is 1.46. The Hall–Kier alpha value is -0.520. The standard InChI is InChI=1S/C10H18/c1-4-6-7-9-10(3)8-5-2/h5,7,9-10H,2,4,6,8H2,1,3H3/b9-7-. The molecule has 0 heterocycles. The lowest BCUT2D eigenvalue weighted by atomic mass is 10.1. The zero-order valence-corrected chi connectivity index (χ0v) is 7.14. The molecule has 0 saturated heterocycles. The third kappa shape index (κ3) is 5.61. The Kier molecular flexibility index (Phi) is 6.25. The van der Waals surface area contributed by atoms with Crippen molar-refractivity contribution < 1.29 is 0 Å². The largest absolute Gasteiger partial charge is 0.103 e. The first-order valence-electron chi connectivity index (χ1n) is 4.08. The summed E-state index contributed by atoms with van der Waals surface area (Å²) in [5.41, 5.74) is 0. The molecule has 0 radical (unpaired) electrons. The maximum Gasteiger partial charge on any atom is -0.0227 e. The SMILES string of the molecule is C=CCC(C)/C=C\CCC. The second-order valence-corrected chi connectivity index (χ2v) is 2.72. The van der Waals surface area contributed by atoms with Gasteiger partial charge in [0.15, 0.2) is 0 Å². The highest BCUT2D eigenvalue weighted by atomic mass is 14.0. The minimum absolute atomic E-state index is 0.670. The Labute approximate surface area is 64.6 Å². The molecule has 0 saturated carbocycles. The average Bonchev–Trinajstić information content (AvgIpc) is 1.89. The first-order chi connectivity index (χ1) is 4.81. The van der Waals surface area contributed by atoms with Crippen molar-refractivity contribution in [2.45, 2.75) is 33.1 Å². The van der Waals surface area contributed by atoms with Crippen molar-refractivity contribution in [2.24, 2.45) is 5.92 Å². The van der Waals surface area contributed by atoms with E-state index in [1.54, 1.807) is 0 Å². The predicted octanol–water partition coefficient (Wildman–Crippen LogP) is 3.55. The fourth-order valence-corrected chi connectivity index (χ4v) is 0.837. The number of hydrogen-bond donors (Lipinski definition) is 0. The molecule has 0 aliphatic rings. The molecule has 0 aromatic rings. The van der Waals surface area contributed by atoms with Gasteiger partial charge in [-0.25, -0.2) is 0 Å². The second kappa shape index (κ2) is 6.60. The molecule has 0 aromatic carbocycles. The van der Waals surface area contributed by atoms with E-state index in [0.29, 0.717) is 5.92 Å². The number of unbranched alkanes of at least 4 members (excludes halogenated alkanes) is 1. The minimum atomic E-state index is 0.670. The minimum Gasteiger partial charge on any atom is -0.103 e. The summed E-state index contributed by atoms with van der Waals surface area (Å²) < 4.78 is 0. The van der Waals surface area contributed by atoms with E-state index in [2.05, 4.69) is 32.6 Å². The molecule has 1 unspecified atom stereocenters. The van der Waals surface area contributed by atoms with Gasteiger partial charge in [0.25, 0.3) is 0 Å². The molecule has 58 valence electrons. The van der Waals surface area contributed by atoms with E-state index in [4.69, 9.17) is 0 Å². The highest BCUT2D eigenvalue weighted by Gasteiger charge is 1.89. The molecule has 0 rings (SSSR count). The summed E-state index contributed by atoms with van der Waals surface area (Å²) in [5.74, 6) is 0.670. The highest BCUT2D eigenvalue weighted by Crippen LogP contribution is 2.04. The van der Waals surface area contributed by atoms with Crippen LogP contribution in [0.5, 0.6) is 0 Å². The lowest BCUT2D eigenvalue weighted by Crippen LogP contribution is -1.84. The van der Waals surface area contributed by atoms with Crippen LogP contribution in [-0.2, 0) is 0 Å². The van der Waals surface area contributed by atoms with Crippen molar-refractivity contribution in [1.29, 1.82) is 0 Å². The van der Waals surface area contributed by atoms with Crippen LogP contribution in [0.1, 0.15) is 33.1 Å². The average molecular weight is 138 g/mol. The van der Waals surface area contributed by atoms with E-state index in [-0.39, 0.29) is 0 Å². The molecule has 0 aliphatic carbocycles. The Balaban J connectivity index is 3.34. The van der Waals surface area contributed by atoms with Gasteiger partial charge in [-0.2, -0.15) is 0 Å². The molecule has 0 heteroatoms. The van der Waals surface area contributed by atoms with Gasteiger partial charge in [0.1, 0.15) is 0 Å². The molecular formula is C10H18. The van der Waals surface area contributed by atoms with Gasteiger partial charge in [-0.1, -0.05) is 38.5 Å². The molecule has 10 heavy (non-hydrogen) atoms. The fraction of sp³-hybridized carbons (Fsp3) is 0.600. The van der Waals surface area contributed by atoms with Gasteiger partial charge in [-0.05, 0) is 18.8 Å². The Morgan fingerprint density at radius 1 is 1.50 bits per heavy atom. The second-order valence-electron chi connectivity index (χ2n) is 2.72. The number of rotatable bonds is 5. The van der Waals surface area contributed by atoms with Crippen molar-refractivity contribution in [3.05, 3.63) is 24.8 Å². The van der Waals surface area contributed by atoms with Gasteiger partial charge in [-0.3, -0.25) is 0 Å². The lowest BCUT2D eigenvalue weighted by Gasteiger charge is -1.98. The monoisotopic (exact) mass is 138 g/mol. The summed E-state index contributed by atoms with van der Waals surface area (Å²) in [6.07, 6.45) is 10.1. The van der Waals surface area contributed by atoms with Gasteiger partial charge >= 0.3 is 0 Å². The third-order valence-corrected chi connectivity index (χ3v) is 1.46. The van der Waals surface area contributed by atoms with Crippen LogP contribution in [0.4, 0.5) is 0 Å². The van der Waals surface area contributed by atoms with E-state index < -0.39 is 0 Å². The summed E-state index contributed by atoms with van der Waals surface area (Å²) in [4.78, 5) is 0. The maximum absolute atomic E-state index is 3.70. The molecule has 0 bridgehead atoms. The van der Waals surface area contributed by atoms with Crippen molar-refractivity contribution in [3.8, 4) is 0 Å². The number of allylic oxidation sites excluding steroid dienone is 3. The van der Waals surface area contributed by atoms with Crippen molar-refractivity contribution in [1.82, 2.24) is 0 Å². The summed E-state index contributed by atoms with van der Waals surface area (Å²) in [5, 5.41) is 0. The van der Waals surface area contributed by atoms with Crippen molar-refractivity contribution in [2.75, 3.05) is 0 Å². The van der Waals surface area contributed by atoms with Gasteiger partial charge in [0, 0.05) is 0 Å². The molecule has 0 fully saturated rings. The molecule has 0 aliphatic heterocycles. The van der Waals surface area contributed by atoms with Crippen LogP contribution < -0.4 is 0 Å². The summed E-state index contributed by atoms with van der Waals surface area (Å²) in [7, 11) is 0. The zero-order valence-electron chi connectivity index (χ0n) is 7.14. The fourth-order valence-electron chi connectivity index (χ4n) is 0.837. The Bertz CT molecular complexity index is 101. The molecule has 1 atom stereocenters. The number of hydrogen-bond acceptors (Lipinski definition) is 0. The van der Waals surface area contributed by atoms with Gasteiger partial charge < -0.3 is 0 Å². The van der Waals surface area contributed by atoms with E-state index in [1.165, 1.54) is 12.8 Å². The molecule has 0 N–H and O–H groups in total. The molecule has 0 spiro atoms. The smallest absolute Gasteiger partial charge is 0.0227 e. The first-order valence-corrected chi connectivity index (χ1v) is 4.08. The predicted molar refractivity (Wildman–Crippen MR) is 48.0 cm³/mol. The lowest BCUT2D eigenvalue weighted by molar-refractivity contribution is 0.739. The molecule has 0 aromatic heterocycles. The van der Waals surface area contributed by atoms with Crippen LogP contribution in [0.25, 0.3) is 0 Å². The Morgan fingerprint density at radius 3 is 2.70 bits per heavy atom. The maximum atomic E-state index is 3.70. The first kappa shape index (κ1) is 9.48. The summed E-state index contributed by atoms with van der Waals surface area (Å²) in [6, 6.07) is 0. The van der Waals surface area contributed by atoms with Crippen LogP contribution >= 0.6 is 0 Å². The van der Waals surface area contributed by atoms with Crippen LogP contribution in [0.15, 0.2) is 24.8 Å². The van der Waals surface area contributed by atoms with Crippen LogP contribution in [0, 0.1) is 5.92 Å². The van der Waals surface area contributed by atoms with Crippen LogP contribution in [-0.4, -0.2) is 0 Å².